The Bertz CT molecular complexity index is 433. The van der Waals surface area contributed by atoms with Crippen LogP contribution < -0.4 is 5.32 Å². The molecule has 1 aliphatic rings. The molecule has 1 aromatic rings. The predicted molar refractivity (Wildman–Crippen MR) is 80.3 cm³/mol. The van der Waals surface area contributed by atoms with Gasteiger partial charge in [-0.05, 0) is 76.7 Å². The van der Waals surface area contributed by atoms with Crippen LogP contribution in [0.4, 0.5) is 4.39 Å². The Balaban J connectivity index is 1.93. The third-order valence-electron chi connectivity index (χ3n) is 4.06. The van der Waals surface area contributed by atoms with E-state index in [0.717, 1.165) is 37.8 Å². The molecule has 0 aromatic heterocycles. The van der Waals surface area contributed by atoms with E-state index in [4.69, 9.17) is 4.74 Å². The van der Waals surface area contributed by atoms with Gasteiger partial charge in [0.2, 0.25) is 0 Å². The molecule has 2 unspecified atom stereocenters. The molecule has 1 aliphatic heterocycles. The lowest BCUT2D eigenvalue weighted by Crippen LogP contribution is -2.27. The van der Waals surface area contributed by atoms with Crippen LogP contribution in [0.2, 0.25) is 0 Å². The zero-order valence-electron chi connectivity index (χ0n) is 12.8. The van der Waals surface area contributed by atoms with Gasteiger partial charge < -0.3 is 10.1 Å². The normalized spacial score (nSPS) is 22.9. The van der Waals surface area contributed by atoms with Gasteiger partial charge in [-0.15, -0.1) is 0 Å². The third-order valence-corrected chi connectivity index (χ3v) is 4.06. The molecule has 112 valence electrons. The van der Waals surface area contributed by atoms with Gasteiger partial charge in [-0.25, -0.2) is 4.39 Å². The SMILES string of the molecule is CNCC(Cc1cccc(F)c1)CC1CCC(C)(C)O1. The lowest BCUT2D eigenvalue weighted by Gasteiger charge is -2.23. The van der Waals surface area contributed by atoms with Crippen LogP contribution in [0.3, 0.4) is 0 Å². The first-order valence-corrected chi connectivity index (χ1v) is 7.55. The standard InChI is InChI=1S/C17H26FNO/c1-17(2)8-7-16(20-17)11-14(12-19-3)9-13-5-4-6-15(18)10-13/h4-6,10,14,16,19H,7-9,11-12H2,1-3H3. The predicted octanol–water partition coefficient (Wildman–Crippen LogP) is 3.55. The van der Waals surface area contributed by atoms with E-state index in [1.807, 2.05) is 13.1 Å². The summed E-state index contributed by atoms with van der Waals surface area (Å²) in [6.45, 7) is 5.26. The first-order valence-electron chi connectivity index (χ1n) is 7.55. The second-order valence-electron chi connectivity index (χ2n) is 6.53. The molecule has 3 heteroatoms. The summed E-state index contributed by atoms with van der Waals surface area (Å²) in [5.41, 5.74) is 1.09. The summed E-state index contributed by atoms with van der Waals surface area (Å²) in [5, 5.41) is 3.25. The zero-order valence-corrected chi connectivity index (χ0v) is 12.8. The molecule has 1 aromatic carbocycles. The summed E-state index contributed by atoms with van der Waals surface area (Å²) in [4.78, 5) is 0. The molecule has 0 aliphatic carbocycles. The minimum absolute atomic E-state index is 0.0215. The van der Waals surface area contributed by atoms with Crippen LogP contribution in [0, 0.1) is 11.7 Å². The molecule has 2 atom stereocenters. The fourth-order valence-corrected chi connectivity index (χ4v) is 3.14. The van der Waals surface area contributed by atoms with Crippen molar-refractivity contribution in [2.75, 3.05) is 13.6 Å². The van der Waals surface area contributed by atoms with Gasteiger partial charge in [0.25, 0.3) is 0 Å². The topological polar surface area (TPSA) is 21.3 Å². The van der Waals surface area contributed by atoms with Gasteiger partial charge >= 0.3 is 0 Å². The van der Waals surface area contributed by atoms with Crippen LogP contribution in [-0.4, -0.2) is 25.3 Å². The summed E-state index contributed by atoms with van der Waals surface area (Å²) in [6.07, 6.45) is 4.55. The van der Waals surface area contributed by atoms with Crippen molar-refractivity contribution in [2.24, 2.45) is 5.92 Å². The third kappa shape index (κ3) is 4.57. The van der Waals surface area contributed by atoms with Crippen molar-refractivity contribution in [3.63, 3.8) is 0 Å². The second kappa shape index (κ2) is 6.68. The maximum Gasteiger partial charge on any atom is 0.123 e. The van der Waals surface area contributed by atoms with Gasteiger partial charge in [0.15, 0.2) is 0 Å². The number of ether oxygens (including phenoxy) is 1. The van der Waals surface area contributed by atoms with Gasteiger partial charge in [0, 0.05) is 0 Å². The second-order valence-corrected chi connectivity index (χ2v) is 6.53. The lowest BCUT2D eigenvalue weighted by molar-refractivity contribution is -0.0243. The fraction of sp³-hybridized carbons (Fsp3) is 0.647. The molecule has 0 spiro atoms. The minimum atomic E-state index is -0.149. The van der Waals surface area contributed by atoms with E-state index >= 15 is 0 Å². The van der Waals surface area contributed by atoms with Crippen molar-refractivity contribution in [3.05, 3.63) is 35.6 Å². The van der Waals surface area contributed by atoms with Crippen molar-refractivity contribution < 1.29 is 9.13 Å². The maximum absolute atomic E-state index is 13.3. The van der Waals surface area contributed by atoms with Crippen LogP contribution in [-0.2, 0) is 11.2 Å². The Labute approximate surface area is 121 Å². The highest BCUT2D eigenvalue weighted by atomic mass is 19.1. The van der Waals surface area contributed by atoms with Crippen LogP contribution in [0.5, 0.6) is 0 Å². The Morgan fingerprint density at radius 1 is 1.45 bits per heavy atom. The molecule has 20 heavy (non-hydrogen) atoms. The molecule has 1 saturated heterocycles. The number of halogens is 1. The van der Waals surface area contributed by atoms with Crippen LogP contribution in [0.15, 0.2) is 24.3 Å². The Kier molecular flexibility index (Phi) is 5.17. The number of nitrogens with one attached hydrogen (secondary N) is 1. The molecule has 0 bridgehead atoms. The van der Waals surface area contributed by atoms with E-state index in [0.29, 0.717) is 12.0 Å². The molecule has 2 rings (SSSR count). The van der Waals surface area contributed by atoms with E-state index in [1.165, 1.54) is 6.07 Å². The minimum Gasteiger partial charge on any atom is -0.372 e. The fourth-order valence-electron chi connectivity index (χ4n) is 3.14. The smallest absolute Gasteiger partial charge is 0.123 e. The van der Waals surface area contributed by atoms with E-state index in [9.17, 15) is 4.39 Å². The highest BCUT2D eigenvalue weighted by Gasteiger charge is 2.32. The Morgan fingerprint density at radius 3 is 2.85 bits per heavy atom. The maximum atomic E-state index is 13.3. The number of hydrogen-bond acceptors (Lipinski definition) is 2. The molecule has 1 N–H and O–H groups in total. The van der Waals surface area contributed by atoms with Crippen LogP contribution >= 0.6 is 0 Å². The van der Waals surface area contributed by atoms with Crippen LogP contribution in [0.25, 0.3) is 0 Å². The Hall–Kier alpha value is -0.930. The van der Waals surface area contributed by atoms with E-state index in [-0.39, 0.29) is 11.4 Å². The van der Waals surface area contributed by atoms with E-state index in [2.05, 4.69) is 19.2 Å². The van der Waals surface area contributed by atoms with E-state index in [1.54, 1.807) is 12.1 Å². The van der Waals surface area contributed by atoms with Gasteiger partial charge in [-0.2, -0.15) is 0 Å². The molecule has 0 amide bonds. The van der Waals surface area contributed by atoms with Crippen molar-refractivity contribution in [1.82, 2.24) is 5.32 Å². The average Bonchev–Trinajstić information content (AvgIpc) is 2.69. The van der Waals surface area contributed by atoms with Gasteiger partial charge in [-0.1, -0.05) is 12.1 Å². The summed E-state index contributed by atoms with van der Waals surface area (Å²) < 4.78 is 19.4. The largest absolute Gasteiger partial charge is 0.372 e. The number of rotatable bonds is 6. The molecule has 1 heterocycles. The molecular formula is C17H26FNO. The van der Waals surface area contributed by atoms with Gasteiger partial charge in [0.1, 0.15) is 5.82 Å². The van der Waals surface area contributed by atoms with Gasteiger partial charge in [-0.3, -0.25) is 0 Å². The molecule has 2 nitrogen and oxygen atoms in total. The van der Waals surface area contributed by atoms with Crippen molar-refractivity contribution >= 4 is 0 Å². The molecular weight excluding hydrogens is 253 g/mol. The lowest BCUT2D eigenvalue weighted by atomic mass is 9.92. The summed E-state index contributed by atoms with van der Waals surface area (Å²) in [7, 11) is 1.97. The number of hydrogen-bond donors (Lipinski definition) is 1. The molecule has 0 saturated carbocycles. The highest BCUT2D eigenvalue weighted by molar-refractivity contribution is 5.17. The van der Waals surface area contributed by atoms with Crippen molar-refractivity contribution in [2.45, 2.75) is 51.2 Å². The first kappa shape index (κ1) is 15.5. The summed E-state index contributed by atoms with van der Waals surface area (Å²) >= 11 is 0. The summed E-state index contributed by atoms with van der Waals surface area (Å²) in [6, 6.07) is 6.93. The van der Waals surface area contributed by atoms with Gasteiger partial charge in [0.05, 0.1) is 11.7 Å². The number of benzene rings is 1. The quantitative estimate of drug-likeness (QED) is 0.860. The van der Waals surface area contributed by atoms with Crippen molar-refractivity contribution in [1.29, 1.82) is 0 Å². The zero-order chi connectivity index (χ0) is 14.6. The van der Waals surface area contributed by atoms with E-state index < -0.39 is 0 Å². The first-order chi connectivity index (χ1) is 9.48. The molecule has 1 fully saturated rings. The van der Waals surface area contributed by atoms with Crippen molar-refractivity contribution in [3.8, 4) is 0 Å². The molecule has 0 radical (unpaired) electrons. The Morgan fingerprint density at radius 2 is 2.25 bits per heavy atom. The van der Waals surface area contributed by atoms with Crippen LogP contribution in [0.1, 0.15) is 38.7 Å². The monoisotopic (exact) mass is 279 g/mol. The average molecular weight is 279 g/mol. The summed E-state index contributed by atoms with van der Waals surface area (Å²) in [5.74, 6) is 0.338. The highest BCUT2D eigenvalue weighted by Crippen LogP contribution is 2.33.